The Balaban J connectivity index is 1.64. The fourth-order valence-corrected chi connectivity index (χ4v) is 2.78. The van der Waals surface area contributed by atoms with Gasteiger partial charge in [-0.3, -0.25) is 4.79 Å². The lowest BCUT2D eigenvalue weighted by Gasteiger charge is -2.27. The van der Waals surface area contributed by atoms with Gasteiger partial charge in [-0.15, -0.1) is 0 Å². The standard InChI is InChI=1S/C19H17F4N3O/c1-12-10-16(20)17(24-11-12)26-8-6-13(7-9-26)18(27)25-15-4-2-14(3-5-15)19(21,22)23/h2-6,10-11H,7-9H2,1H3,(H,25,27). The number of nitrogens with zero attached hydrogens (tertiary/aromatic N) is 2. The van der Waals surface area contributed by atoms with Gasteiger partial charge in [0, 0.05) is 30.5 Å². The van der Waals surface area contributed by atoms with Crippen LogP contribution in [0.25, 0.3) is 0 Å². The minimum atomic E-state index is -4.42. The van der Waals surface area contributed by atoms with Crippen LogP contribution in [-0.2, 0) is 11.0 Å². The van der Waals surface area contributed by atoms with E-state index in [1.807, 2.05) is 0 Å². The summed E-state index contributed by atoms with van der Waals surface area (Å²) in [5.41, 5.74) is 0.724. The molecule has 4 nitrogen and oxygen atoms in total. The second-order valence-corrected chi connectivity index (χ2v) is 6.27. The van der Waals surface area contributed by atoms with Gasteiger partial charge < -0.3 is 10.2 Å². The van der Waals surface area contributed by atoms with Crippen molar-refractivity contribution in [1.29, 1.82) is 0 Å². The first-order chi connectivity index (χ1) is 12.7. The van der Waals surface area contributed by atoms with Crippen molar-refractivity contribution in [2.75, 3.05) is 23.3 Å². The Bertz CT molecular complexity index is 876. The average molecular weight is 379 g/mol. The van der Waals surface area contributed by atoms with Gasteiger partial charge in [0.05, 0.1) is 5.56 Å². The molecule has 8 heteroatoms. The molecule has 1 aliphatic rings. The molecular formula is C19H17F4N3O. The molecular weight excluding hydrogens is 362 g/mol. The largest absolute Gasteiger partial charge is 0.416 e. The molecule has 0 fully saturated rings. The van der Waals surface area contributed by atoms with E-state index in [4.69, 9.17) is 0 Å². The van der Waals surface area contributed by atoms with Crippen LogP contribution in [0.1, 0.15) is 17.5 Å². The quantitative estimate of drug-likeness (QED) is 0.808. The third-order valence-corrected chi connectivity index (χ3v) is 4.23. The highest BCUT2D eigenvalue weighted by Crippen LogP contribution is 2.30. The van der Waals surface area contributed by atoms with Crippen molar-refractivity contribution in [3.8, 4) is 0 Å². The number of anilines is 2. The van der Waals surface area contributed by atoms with E-state index in [1.54, 1.807) is 24.1 Å². The molecule has 1 aromatic heterocycles. The molecule has 1 aromatic carbocycles. The average Bonchev–Trinajstić information content (AvgIpc) is 2.61. The highest BCUT2D eigenvalue weighted by molar-refractivity contribution is 6.04. The SMILES string of the molecule is Cc1cnc(N2CC=C(C(=O)Nc3ccc(C(F)(F)F)cc3)CC2)c(F)c1. The number of pyridine rings is 1. The summed E-state index contributed by atoms with van der Waals surface area (Å²) in [6, 6.07) is 5.65. The maximum absolute atomic E-state index is 14.0. The van der Waals surface area contributed by atoms with E-state index in [0.29, 0.717) is 25.1 Å². The molecule has 0 unspecified atom stereocenters. The van der Waals surface area contributed by atoms with Crippen LogP contribution in [0.2, 0.25) is 0 Å². The topological polar surface area (TPSA) is 45.2 Å². The molecule has 142 valence electrons. The number of nitrogens with one attached hydrogen (secondary N) is 1. The van der Waals surface area contributed by atoms with E-state index in [-0.39, 0.29) is 17.4 Å². The molecule has 3 rings (SSSR count). The van der Waals surface area contributed by atoms with Crippen LogP contribution in [0.5, 0.6) is 0 Å². The van der Waals surface area contributed by atoms with Crippen molar-refractivity contribution in [1.82, 2.24) is 4.98 Å². The molecule has 1 N–H and O–H groups in total. The molecule has 0 saturated carbocycles. The van der Waals surface area contributed by atoms with Gasteiger partial charge in [-0.2, -0.15) is 13.2 Å². The lowest BCUT2D eigenvalue weighted by molar-refractivity contribution is -0.137. The summed E-state index contributed by atoms with van der Waals surface area (Å²) in [5.74, 6) is -0.563. The van der Waals surface area contributed by atoms with Gasteiger partial charge >= 0.3 is 6.18 Å². The van der Waals surface area contributed by atoms with Crippen molar-refractivity contribution in [3.63, 3.8) is 0 Å². The first-order valence-electron chi connectivity index (χ1n) is 8.29. The maximum Gasteiger partial charge on any atom is 0.416 e. The van der Waals surface area contributed by atoms with E-state index in [2.05, 4.69) is 10.3 Å². The Kier molecular flexibility index (Phi) is 5.16. The van der Waals surface area contributed by atoms with Gasteiger partial charge in [-0.25, -0.2) is 9.37 Å². The van der Waals surface area contributed by atoms with Gasteiger partial charge in [-0.1, -0.05) is 6.08 Å². The van der Waals surface area contributed by atoms with Crippen LogP contribution in [0.15, 0.2) is 48.2 Å². The highest BCUT2D eigenvalue weighted by Gasteiger charge is 2.30. The summed E-state index contributed by atoms with van der Waals surface area (Å²) in [6.07, 6.45) is -0.794. The summed E-state index contributed by atoms with van der Waals surface area (Å²) in [5, 5.41) is 2.58. The van der Waals surface area contributed by atoms with Crippen molar-refractivity contribution in [2.24, 2.45) is 0 Å². The highest BCUT2D eigenvalue weighted by atomic mass is 19.4. The number of carbonyl (C=O) groups excluding carboxylic acids is 1. The lowest BCUT2D eigenvalue weighted by Crippen LogP contribution is -2.32. The number of alkyl halides is 3. The normalized spacial score (nSPS) is 14.7. The van der Waals surface area contributed by atoms with Gasteiger partial charge in [0.1, 0.15) is 0 Å². The predicted octanol–water partition coefficient (Wildman–Crippen LogP) is 4.32. The van der Waals surface area contributed by atoms with E-state index >= 15 is 0 Å². The number of hydrogen-bond acceptors (Lipinski definition) is 3. The lowest BCUT2D eigenvalue weighted by atomic mass is 10.1. The number of aryl methyl sites for hydroxylation is 1. The summed E-state index contributed by atoms with van der Waals surface area (Å²) < 4.78 is 51.7. The molecule has 0 bridgehead atoms. The number of benzene rings is 1. The minimum absolute atomic E-state index is 0.235. The van der Waals surface area contributed by atoms with Crippen molar-refractivity contribution in [2.45, 2.75) is 19.5 Å². The molecule has 0 spiro atoms. The molecule has 27 heavy (non-hydrogen) atoms. The molecule has 0 atom stereocenters. The molecule has 0 radical (unpaired) electrons. The fraction of sp³-hybridized carbons (Fsp3) is 0.263. The van der Waals surface area contributed by atoms with E-state index in [9.17, 15) is 22.4 Å². The van der Waals surface area contributed by atoms with Crippen LogP contribution >= 0.6 is 0 Å². The van der Waals surface area contributed by atoms with Gasteiger partial charge in [0.15, 0.2) is 11.6 Å². The zero-order valence-corrected chi connectivity index (χ0v) is 14.5. The summed E-state index contributed by atoms with van der Waals surface area (Å²) in [6.45, 7) is 2.49. The van der Waals surface area contributed by atoms with E-state index in [0.717, 1.165) is 17.7 Å². The predicted molar refractivity (Wildman–Crippen MR) is 93.9 cm³/mol. The van der Waals surface area contributed by atoms with Crippen LogP contribution < -0.4 is 10.2 Å². The summed E-state index contributed by atoms with van der Waals surface area (Å²) >= 11 is 0. The van der Waals surface area contributed by atoms with E-state index in [1.165, 1.54) is 18.2 Å². The molecule has 1 amide bonds. The summed E-state index contributed by atoms with van der Waals surface area (Å²) in [7, 11) is 0. The number of halogens is 4. The van der Waals surface area contributed by atoms with Gasteiger partial charge in [0.2, 0.25) is 0 Å². The number of hydrogen-bond donors (Lipinski definition) is 1. The van der Waals surface area contributed by atoms with Crippen LogP contribution in [0.3, 0.4) is 0 Å². The van der Waals surface area contributed by atoms with Crippen LogP contribution in [-0.4, -0.2) is 24.0 Å². The number of amides is 1. The zero-order valence-electron chi connectivity index (χ0n) is 14.5. The smallest absolute Gasteiger partial charge is 0.350 e. The Labute approximate surface area is 153 Å². The molecule has 0 aliphatic carbocycles. The first-order valence-corrected chi connectivity index (χ1v) is 8.29. The minimum Gasteiger partial charge on any atom is -0.350 e. The Hall–Kier alpha value is -2.90. The summed E-state index contributed by atoms with van der Waals surface area (Å²) in [4.78, 5) is 18.1. The van der Waals surface area contributed by atoms with Crippen LogP contribution in [0.4, 0.5) is 29.1 Å². The van der Waals surface area contributed by atoms with Gasteiger partial charge in [0.25, 0.3) is 5.91 Å². The second kappa shape index (κ2) is 7.38. The fourth-order valence-electron chi connectivity index (χ4n) is 2.78. The zero-order chi connectivity index (χ0) is 19.6. The Morgan fingerprint density at radius 2 is 1.93 bits per heavy atom. The maximum atomic E-state index is 14.0. The van der Waals surface area contributed by atoms with E-state index < -0.39 is 17.6 Å². The number of rotatable bonds is 3. The monoisotopic (exact) mass is 379 g/mol. The number of carbonyl (C=O) groups is 1. The molecule has 1 aliphatic heterocycles. The molecule has 0 saturated heterocycles. The second-order valence-electron chi connectivity index (χ2n) is 6.27. The third kappa shape index (κ3) is 4.45. The Morgan fingerprint density at radius 3 is 2.48 bits per heavy atom. The molecule has 2 heterocycles. The van der Waals surface area contributed by atoms with Crippen molar-refractivity contribution in [3.05, 3.63) is 65.1 Å². The van der Waals surface area contributed by atoms with Crippen molar-refractivity contribution < 1.29 is 22.4 Å². The molecule has 2 aromatic rings. The number of aromatic nitrogens is 1. The Morgan fingerprint density at radius 1 is 1.22 bits per heavy atom. The van der Waals surface area contributed by atoms with Crippen molar-refractivity contribution >= 4 is 17.4 Å². The van der Waals surface area contributed by atoms with Gasteiger partial charge in [-0.05, 0) is 49.2 Å². The third-order valence-electron chi connectivity index (χ3n) is 4.23. The van der Waals surface area contributed by atoms with Crippen LogP contribution in [0, 0.1) is 12.7 Å². The first kappa shape index (κ1) is 18.9.